The van der Waals surface area contributed by atoms with E-state index in [2.05, 4.69) is 48.0 Å². The lowest BCUT2D eigenvalue weighted by Crippen LogP contribution is -2.45. The van der Waals surface area contributed by atoms with E-state index >= 15 is 0 Å². The summed E-state index contributed by atoms with van der Waals surface area (Å²) in [5.74, 6) is 7.23. The van der Waals surface area contributed by atoms with Gasteiger partial charge in [-0.25, -0.2) is 4.98 Å². The fourth-order valence-corrected chi connectivity index (χ4v) is 4.66. The van der Waals surface area contributed by atoms with Crippen molar-refractivity contribution >= 4 is 40.2 Å². The minimum Gasteiger partial charge on any atom is -0.385 e. The van der Waals surface area contributed by atoms with E-state index in [1.54, 1.807) is 30.5 Å². The molecule has 1 aliphatic rings. The molecule has 2 aromatic heterocycles. The van der Waals surface area contributed by atoms with Crippen molar-refractivity contribution < 1.29 is 14.3 Å². The number of amides is 2. The summed E-state index contributed by atoms with van der Waals surface area (Å²) in [6.45, 7) is 3.09. The lowest BCUT2D eigenvalue weighted by atomic mass is 10.2. The van der Waals surface area contributed by atoms with Crippen LogP contribution in [0.2, 0.25) is 0 Å². The van der Waals surface area contributed by atoms with Gasteiger partial charge in [0, 0.05) is 63.5 Å². The minimum absolute atomic E-state index is 0.106. The third-order valence-corrected chi connectivity index (χ3v) is 6.87. The van der Waals surface area contributed by atoms with Crippen LogP contribution in [0.4, 0.5) is 17.5 Å². The second-order valence-corrected chi connectivity index (χ2v) is 10.6. The highest BCUT2D eigenvalue weighted by Crippen LogP contribution is 2.21. The Kier molecular flexibility index (Phi) is 11.9. The number of aromatic nitrogens is 4. The molecule has 1 saturated heterocycles. The molecule has 43 heavy (non-hydrogen) atoms. The molecule has 0 unspecified atom stereocenters. The highest BCUT2D eigenvalue weighted by molar-refractivity contribution is 5.93. The first-order valence-electron chi connectivity index (χ1n) is 14.6. The fraction of sp³-hybridized carbons (Fsp3) is 0.452. The molecule has 0 radical (unpaired) electrons. The Hall–Kier alpha value is -4.47. The van der Waals surface area contributed by atoms with Crippen molar-refractivity contribution in [1.82, 2.24) is 35.3 Å². The maximum absolute atomic E-state index is 12.8. The number of aromatic amines is 1. The summed E-state index contributed by atoms with van der Waals surface area (Å²) in [4.78, 5) is 38.1. The summed E-state index contributed by atoms with van der Waals surface area (Å²) >= 11 is 0. The summed E-state index contributed by atoms with van der Waals surface area (Å²) < 4.78 is 5.16. The molecule has 1 fully saturated rings. The molecule has 12 heteroatoms. The smallest absolute Gasteiger partial charge is 0.246 e. The molecule has 4 N–H and O–H groups in total. The molecule has 0 spiro atoms. The zero-order chi connectivity index (χ0) is 30.4. The number of fused-ring (bicyclic) bond motifs is 1. The maximum Gasteiger partial charge on any atom is 0.246 e. The number of H-pyrrole nitrogens is 1. The van der Waals surface area contributed by atoms with E-state index in [0.717, 1.165) is 29.4 Å². The molecular formula is C31H41N9O3. The molecule has 0 saturated carbocycles. The monoisotopic (exact) mass is 587 g/mol. The number of nitrogens with one attached hydrogen (secondary N) is 4. The number of rotatable bonds is 14. The minimum atomic E-state index is -0.417. The van der Waals surface area contributed by atoms with Crippen LogP contribution in [0.3, 0.4) is 0 Å². The number of carbonyl (C=O) groups excluding carboxylic acids is 2. The van der Waals surface area contributed by atoms with Gasteiger partial charge in [0.15, 0.2) is 0 Å². The van der Waals surface area contributed by atoms with Gasteiger partial charge >= 0.3 is 0 Å². The van der Waals surface area contributed by atoms with Crippen LogP contribution in [0.15, 0.2) is 42.7 Å². The second kappa shape index (κ2) is 16.2. The summed E-state index contributed by atoms with van der Waals surface area (Å²) in [6, 6.07) is 5.46. The van der Waals surface area contributed by atoms with Gasteiger partial charge in [-0.05, 0) is 58.0 Å². The first-order chi connectivity index (χ1) is 20.9. The number of methoxy groups -OCH3 is 1. The van der Waals surface area contributed by atoms with E-state index in [1.165, 1.54) is 0 Å². The quantitative estimate of drug-likeness (QED) is 0.127. The Morgan fingerprint density at radius 1 is 1.23 bits per heavy atom. The number of benzene rings is 1. The molecule has 1 aromatic carbocycles. The van der Waals surface area contributed by atoms with Gasteiger partial charge in [0.25, 0.3) is 0 Å². The number of likely N-dealkylation sites (N-methyl/N-ethyl adjacent to an activating group) is 1. The lowest BCUT2D eigenvalue weighted by molar-refractivity contribution is -0.135. The standard InChI is InChI=1S/C31H41N9O3/c1-39(2)17-8-12-28(41)40-18-7-11-27(40)30(42)33-15-6-4-5-10-24-21-34-31(37-29(24)32-16-9-19-43-3)36-25-14-13-23-22-35-38-26(23)20-25/h8,12-14,20-22,27H,4,6-7,9,11,15-19H2,1-3H3,(H,33,42)(H,35,38)(H2,32,34,36,37)/b12-8+/t27-/m0/s1. The molecule has 228 valence electrons. The Morgan fingerprint density at radius 2 is 2.12 bits per heavy atom. The SMILES string of the molecule is COCCCNc1nc(Nc2ccc3cn[nH]c3c2)ncc1C#CCCCNC(=O)[C@@H]1CCCN1C(=O)/C=C/CN(C)C. The van der Waals surface area contributed by atoms with Crippen molar-refractivity contribution in [1.29, 1.82) is 0 Å². The Balaban J connectivity index is 1.29. The Morgan fingerprint density at radius 3 is 2.95 bits per heavy atom. The Bertz CT molecular complexity index is 1460. The fourth-order valence-electron chi connectivity index (χ4n) is 4.66. The van der Waals surface area contributed by atoms with Crippen molar-refractivity contribution in [2.75, 3.05) is 64.6 Å². The highest BCUT2D eigenvalue weighted by Gasteiger charge is 2.32. The normalized spacial score (nSPS) is 14.7. The third-order valence-electron chi connectivity index (χ3n) is 6.87. The van der Waals surface area contributed by atoms with Crippen LogP contribution in [-0.2, 0) is 14.3 Å². The first kappa shape index (κ1) is 31.5. The number of ether oxygens (including phenoxy) is 1. The average molecular weight is 588 g/mol. The number of carbonyl (C=O) groups is 2. The van der Waals surface area contributed by atoms with Crippen LogP contribution in [0.1, 0.15) is 37.7 Å². The topological polar surface area (TPSA) is 140 Å². The van der Waals surface area contributed by atoms with E-state index in [9.17, 15) is 9.59 Å². The van der Waals surface area contributed by atoms with E-state index in [4.69, 9.17) is 4.74 Å². The van der Waals surface area contributed by atoms with Crippen LogP contribution < -0.4 is 16.0 Å². The van der Waals surface area contributed by atoms with Crippen molar-refractivity contribution in [2.45, 2.75) is 38.1 Å². The highest BCUT2D eigenvalue weighted by atomic mass is 16.5. The van der Waals surface area contributed by atoms with E-state index in [-0.39, 0.29) is 11.8 Å². The van der Waals surface area contributed by atoms with Gasteiger partial charge in [-0.1, -0.05) is 17.9 Å². The summed E-state index contributed by atoms with van der Waals surface area (Å²) in [6.07, 6.45) is 10.5. The van der Waals surface area contributed by atoms with Crippen LogP contribution in [0.5, 0.6) is 0 Å². The second-order valence-electron chi connectivity index (χ2n) is 10.6. The largest absolute Gasteiger partial charge is 0.385 e. The number of hydrogen-bond acceptors (Lipinski definition) is 9. The molecule has 3 heterocycles. The predicted octanol–water partition coefficient (Wildman–Crippen LogP) is 2.90. The molecule has 2 amide bonds. The molecule has 3 aromatic rings. The van der Waals surface area contributed by atoms with Gasteiger partial charge in [-0.3, -0.25) is 14.7 Å². The van der Waals surface area contributed by atoms with Gasteiger partial charge in [0.05, 0.1) is 23.5 Å². The molecule has 1 aliphatic heterocycles. The molecule has 0 aliphatic carbocycles. The third kappa shape index (κ3) is 9.52. The van der Waals surface area contributed by atoms with Crippen molar-refractivity contribution in [3.05, 3.63) is 48.3 Å². The van der Waals surface area contributed by atoms with E-state index in [1.807, 2.05) is 43.3 Å². The van der Waals surface area contributed by atoms with E-state index in [0.29, 0.717) is 69.4 Å². The van der Waals surface area contributed by atoms with Crippen LogP contribution in [-0.4, -0.2) is 102 Å². The van der Waals surface area contributed by atoms with Crippen molar-refractivity contribution in [3.8, 4) is 11.8 Å². The molecular weight excluding hydrogens is 546 g/mol. The number of likely N-dealkylation sites (tertiary alicyclic amines) is 1. The number of anilines is 3. The van der Waals surface area contributed by atoms with E-state index < -0.39 is 6.04 Å². The average Bonchev–Trinajstić information content (AvgIpc) is 3.67. The lowest BCUT2D eigenvalue weighted by Gasteiger charge is -2.22. The first-order valence-corrected chi connectivity index (χ1v) is 14.6. The molecule has 12 nitrogen and oxygen atoms in total. The zero-order valence-corrected chi connectivity index (χ0v) is 25.2. The number of nitrogens with zero attached hydrogens (tertiary/aromatic N) is 5. The maximum atomic E-state index is 12.8. The predicted molar refractivity (Wildman–Crippen MR) is 168 cm³/mol. The zero-order valence-electron chi connectivity index (χ0n) is 25.2. The van der Waals surface area contributed by atoms with Crippen molar-refractivity contribution in [3.63, 3.8) is 0 Å². The molecule has 1 atom stereocenters. The number of unbranched alkanes of at least 4 members (excludes halogenated alkanes) is 1. The van der Waals surface area contributed by atoms with Crippen molar-refractivity contribution in [2.24, 2.45) is 0 Å². The molecule has 0 bridgehead atoms. The van der Waals surface area contributed by atoms with Gasteiger partial charge < -0.3 is 30.5 Å². The van der Waals surface area contributed by atoms with Gasteiger partial charge in [-0.15, -0.1) is 0 Å². The van der Waals surface area contributed by atoms with Gasteiger partial charge in [0.1, 0.15) is 11.9 Å². The summed E-state index contributed by atoms with van der Waals surface area (Å²) in [5, 5.41) is 17.6. The summed E-state index contributed by atoms with van der Waals surface area (Å²) in [7, 11) is 5.56. The summed E-state index contributed by atoms with van der Waals surface area (Å²) in [5.41, 5.74) is 2.45. The van der Waals surface area contributed by atoms with Gasteiger partial charge in [-0.2, -0.15) is 10.1 Å². The molecule has 4 rings (SSSR count). The van der Waals surface area contributed by atoms with Gasteiger partial charge in [0.2, 0.25) is 17.8 Å². The Labute approximate surface area is 252 Å². The van der Waals surface area contributed by atoms with Crippen LogP contribution in [0, 0.1) is 11.8 Å². The number of hydrogen-bond donors (Lipinski definition) is 4. The van der Waals surface area contributed by atoms with Crippen LogP contribution in [0.25, 0.3) is 10.9 Å². The van der Waals surface area contributed by atoms with Crippen LogP contribution >= 0.6 is 0 Å².